The van der Waals surface area contributed by atoms with Gasteiger partial charge in [-0.1, -0.05) is 103 Å². The number of rotatable bonds is 6. The number of anilines is 1. The van der Waals surface area contributed by atoms with Crippen molar-refractivity contribution in [2.75, 3.05) is 12.5 Å². The number of benzene rings is 4. The second-order valence-corrected chi connectivity index (χ2v) is 16.1. The maximum Gasteiger partial charge on any atom is 0.260 e. The number of hydrogen-bond donors (Lipinski definition) is 2. The van der Waals surface area contributed by atoms with E-state index >= 15 is 9.59 Å². The van der Waals surface area contributed by atoms with E-state index in [-0.39, 0.29) is 35.0 Å². The van der Waals surface area contributed by atoms with Crippen LogP contribution in [0.4, 0.5) is 5.69 Å². The summed E-state index contributed by atoms with van der Waals surface area (Å²) in [4.78, 5) is 60.9. The molecule has 6 atom stereocenters. The lowest BCUT2D eigenvalue weighted by Gasteiger charge is -2.50. The van der Waals surface area contributed by atoms with Crippen LogP contribution in [-0.4, -0.2) is 51.8 Å². The minimum atomic E-state index is -1.57. The molecule has 0 aromatic heterocycles. The summed E-state index contributed by atoms with van der Waals surface area (Å²) in [6.07, 6.45) is 7.10. The van der Waals surface area contributed by atoms with Crippen LogP contribution >= 0.6 is 23.2 Å². The number of fused-ring (bicyclic) bond motifs is 5. The average molecular weight is 765 g/mol. The third-order valence-electron chi connectivity index (χ3n) is 12.8. The molecule has 3 aliphatic carbocycles. The number of likely N-dealkylation sites (tertiary alicyclic amines) is 1. The Hall–Kier alpha value is -4.86. The first kappa shape index (κ1) is 34.9. The molecule has 4 fully saturated rings. The second-order valence-electron chi connectivity index (χ2n) is 15.3. The molecule has 9 rings (SSSR count). The normalized spacial score (nSPS) is 28.2. The number of phenols is 1. The Morgan fingerprint density at radius 1 is 0.852 bits per heavy atom. The van der Waals surface area contributed by atoms with E-state index in [0.717, 1.165) is 48.1 Å². The molecule has 4 amide bonds. The van der Waals surface area contributed by atoms with E-state index in [9.17, 15) is 14.7 Å². The van der Waals surface area contributed by atoms with Crippen LogP contribution in [0.2, 0.25) is 10.0 Å². The quantitative estimate of drug-likeness (QED) is 0.150. The molecule has 2 N–H and O–H groups in total. The molecule has 5 aliphatic rings. The Morgan fingerprint density at radius 2 is 1.61 bits per heavy atom. The Kier molecular flexibility index (Phi) is 8.50. The molecule has 4 aromatic carbocycles. The van der Waals surface area contributed by atoms with Crippen molar-refractivity contribution in [2.24, 2.45) is 23.7 Å². The van der Waals surface area contributed by atoms with Crippen molar-refractivity contribution in [3.05, 3.63) is 112 Å². The van der Waals surface area contributed by atoms with Crippen LogP contribution in [0.1, 0.15) is 62.0 Å². The lowest BCUT2D eigenvalue weighted by molar-refractivity contribution is -0.144. The predicted octanol–water partition coefficient (Wildman–Crippen LogP) is 8.18. The number of phenolic OH excluding ortho intramolecular Hbond substituents is 1. The van der Waals surface area contributed by atoms with Gasteiger partial charge in [0.1, 0.15) is 11.5 Å². The number of ether oxygens (including phenoxy) is 1. The Balaban J connectivity index is 1.26. The average Bonchev–Trinajstić information content (AvgIpc) is 3.57. The van der Waals surface area contributed by atoms with Crippen LogP contribution in [0.25, 0.3) is 10.8 Å². The van der Waals surface area contributed by atoms with Crippen LogP contribution in [0.5, 0.6) is 11.5 Å². The first-order valence-corrected chi connectivity index (χ1v) is 19.4. The van der Waals surface area contributed by atoms with Gasteiger partial charge < -0.3 is 9.84 Å². The third kappa shape index (κ3) is 5.04. The second kappa shape index (κ2) is 13.2. The lowest BCUT2D eigenvalue weighted by Crippen LogP contribution is -2.53. The molecule has 2 aliphatic heterocycles. The predicted molar refractivity (Wildman–Crippen MR) is 205 cm³/mol. The number of methoxy groups -OCH3 is 1. The van der Waals surface area contributed by atoms with Gasteiger partial charge in [0.2, 0.25) is 11.8 Å². The Bertz CT molecular complexity index is 2270. The number of allylic oxidation sites excluding steroid dienone is 2. The van der Waals surface area contributed by atoms with Gasteiger partial charge in [-0.15, -0.1) is 0 Å². The van der Waals surface area contributed by atoms with E-state index in [1.807, 2.05) is 54.6 Å². The summed E-state index contributed by atoms with van der Waals surface area (Å²) in [5, 5.41) is 15.3. The molecule has 2 saturated carbocycles. The van der Waals surface area contributed by atoms with E-state index in [1.54, 1.807) is 31.4 Å². The lowest BCUT2D eigenvalue weighted by atomic mass is 9.49. The highest BCUT2D eigenvalue weighted by atomic mass is 35.5. The molecular formula is C43H39Cl2N3O6. The molecule has 2 heterocycles. The summed E-state index contributed by atoms with van der Waals surface area (Å²) < 4.78 is 5.50. The van der Waals surface area contributed by atoms with Gasteiger partial charge in [-0.2, -0.15) is 5.01 Å². The van der Waals surface area contributed by atoms with E-state index < -0.39 is 46.8 Å². The smallest absolute Gasteiger partial charge is 0.260 e. The number of hydrogen-bond acceptors (Lipinski definition) is 7. The summed E-state index contributed by atoms with van der Waals surface area (Å²) in [6.45, 7) is 0. The van der Waals surface area contributed by atoms with Gasteiger partial charge in [0.05, 0.1) is 41.0 Å². The van der Waals surface area contributed by atoms with Crippen molar-refractivity contribution < 1.29 is 29.0 Å². The topological polar surface area (TPSA) is 116 Å². The molecule has 9 nitrogen and oxygen atoms in total. The number of hydrazine groups is 1. The summed E-state index contributed by atoms with van der Waals surface area (Å²) >= 11 is 12.8. The van der Waals surface area contributed by atoms with Gasteiger partial charge in [-0.3, -0.25) is 29.5 Å². The summed E-state index contributed by atoms with van der Waals surface area (Å²) in [6, 6.07) is 23.0. The van der Waals surface area contributed by atoms with E-state index in [0.29, 0.717) is 39.4 Å². The van der Waals surface area contributed by atoms with Crippen LogP contribution < -0.4 is 10.2 Å². The largest absolute Gasteiger partial charge is 0.507 e. The zero-order chi connectivity index (χ0) is 37.5. The first-order valence-electron chi connectivity index (χ1n) is 18.7. The van der Waals surface area contributed by atoms with Crippen molar-refractivity contribution in [3.8, 4) is 11.5 Å². The van der Waals surface area contributed by atoms with Crippen LogP contribution in [0.15, 0.2) is 90.5 Å². The van der Waals surface area contributed by atoms with E-state index in [2.05, 4.69) is 5.43 Å². The molecule has 54 heavy (non-hydrogen) atoms. The standard InChI is InChI=1S/C43H39Cl2N3O6/c1-54-27-15-12-24(13-16-27)43-33(40(51)48(42(43)53)46-35-20-14-25(44)21-34(35)45)22-32-29(37(43)31-17-11-23-7-5-6-10-28(23)38(31)49)18-19-30-36(32)41(52)47(39(30)50)26-8-3-2-4-9-26/h5-7,10-18,20-21,26,30,32-33,36-37,46,49H,2-4,8-9,19,22H2,1H3/t30-,32+,33-,36-,37+,43+/m0/s1. The van der Waals surface area contributed by atoms with Crippen molar-refractivity contribution in [1.82, 2.24) is 9.91 Å². The van der Waals surface area contributed by atoms with Crippen molar-refractivity contribution >= 4 is 63.3 Å². The molecule has 0 bridgehead atoms. The first-order chi connectivity index (χ1) is 26.1. The highest BCUT2D eigenvalue weighted by molar-refractivity contribution is 6.36. The number of aromatic hydroxyl groups is 1. The fourth-order valence-corrected chi connectivity index (χ4v) is 10.9. The maximum absolute atomic E-state index is 15.5. The number of nitrogens with zero attached hydrogens (tertiary/aromatic N) is 2. The number of nitrogens with one attached hydrogen (secondary N) is 1. The number of carbonyl (C=O) groups excluding carboxylic acids is 4. The minimum absolute atomic E-state index is 0.00142. The molecule has 2 saturated heterocycles. The van der Waals surface area contributed by atoms with Gasteiger partial charge in [0.25, 0.3) is 11.8 Å². The van der Waals surface area contributed by atoms with Crippen LogP contribution in [0, 0.1) is 23.7 Å². The molecule has 0 spiro atoms. The van der Waals surface area contributed by atoms with E-state index in [1.165, 1.54) is 11.0 Å². The SMILES string of the molecule is COc1ccc([C@@]23C(=O)N(Nc4ccc(Cl)cc4Cl)C(=O)[C@@H]2C[C@@H]2C(=CC[C@@H]4C(=O)N(C5CCCCC5)C(=O)[C@@H]42)[C@@H]3c2ccc3ccccc3c2O)cc1. The zero-order valence-electron chi connectivity index (χ0n) is 29.6. The van der Waals surface area contributed by atoms with Gasteiger partial charge in [0, 0.05) is 27.9 Å². The Morgan fingerprint density at radius 3 is 2.35 bits per heavy atom. The number of halogens is 2. The van der Waals surface area contributed by atoms with E-state index in [4.69, 9.17) is 27.9 Å². The maximum atomic E-state index is 15.5. The Labute approximate surface area is 322 Å². The van der Waals surface area contributed by atoms with Gasteiger partial charge in [-0.25, -0.2) is 0 Å². The highest BCUT2D eigenvalue weighted by Gasteiger charge is 2.71. The molecule has 11 heteroatoms. The molecule has 4 aromatic rings. The fourth-order valence-electron chi connectivity index (χ4n) is 10.4. The monoisotopic (exact) mass is 763 g/mol. The minimum Gasteiger partial charge on any atom is -0.507 e. The van der Waals surface area contributed by atoms with Crippen molar-refractivity contribution in [2.45, 2.75) is 62.3 Å². The number of carbonyl (C=O) groups is 4. The fraction of sp³-hybridized carbons (Fsp3) is 0.349. The van der Waals surface area contributed by atoms with Crippen molar-refractivity contribution in [3.63, 3.8) is 0 Å². The molecule has 276 valence electrons. The van der Waals surface area contributed by atoms with Crippen LogP contribution in [0.3, 0.4) is 0 Å². The van der Waals surface area contributed by atoms with Gasteiger partial charge >= 0.3 is 0 Å². The number of imide groups is 2. The summed E-state index contributed by atoms with van der Waals surface area (Å²) in [5.41, 5.74) is 3.59. The molecule has 0 unspecified atom stereocenters. The highest BCUT2D eigenvalue weighted by Crippen LogP contribution is 2.65. The molecule has 0 radical (unpaired) electrons. The molecular weight excluding hydrogens is 725 g/mol. The number of amides is 4. The third-order valence-corrected chi connectivity index (χ3v) is 13.3. The summed E-state index contributed by atoms with van der Waals surface area (Å²) in [7, 11) is 1.56. The zero-order valence-corrected chi connectivity index (χ0v) is 31.1. The summed E-state index contributed by atoms with van der Waals surface area (Å²) in [5.74, 6) is -4.41. The van der Waals surface area contributed by atoms with Crippen molar-refractivity contribution in [1.29, 1.82) is 0 Å². The van der Waals surface area contributed by atoms with Crippen LogP contribution in [-0.2, 0) is 24.6 Å². The van der Waals surface area contributed by atoms with Gasteiger partial charge in [-0.05, 0) is 72.9 Å². The van der Waals surface area contributed by atoms with Gasteiger partial charge in [0.15, 0.2) is 0 Å².